The van der Waals surface area contributed by atoms with Crippen molar-refractivity contribution in [2.75, 3.05) is 5.32 Å². The zero-order valence-corrected chi connectivity index (χ0v) is 13.4. The van der Waals surface area contributed by atoms with Crippen molar-refractivity contribution in [1.29, 1.82) is 0 Å². The number of fused-ring (bicyclic) bond motifs is 1. The lowest BCUT2D eigenvalue weighted by Gasteiger charge is -2.09. The molecule has 0 aliphatic rings. The number of anilines is 2. The summed E-state index contributed by atoms with van der Waals surface area (Å²) in [7, 11) is 0. The monoisotopic (exact) mass is 330 g/mol. The van der Waals surface area contributed by atoms with E-state index in [2.05, 4.69) is 32.4 Å². The number of rotatable bonds is 4. The summed E-state index contributed by atoms with van der Waals surface area (Å²) in [5.41, 5.74) is 3.63. The average Bonchev–Trinajstić information content (AvgIpc) is 2.65. The molecule has 122 valence electrons. The van der Waals surface area contributed by atoms with Crippen molar-refractivity contribution in [2.45, 2.75) is 6.42 Å². The van der Waals surface area contributed by atoms with Crippen LogP contribution < -0.4 is 5.32 Å². The summed E-state index contributed by atoms with van der Waals surface area (Å²) in [4.78, 5) is 12.3. The van der Waals surface area contributed by atoms with E-state index in [1.165, 1.54) is 23.5 Å². The predicted molar refractivity (Wildman–Crippen MR) is 96.3 cm³/mol. The Bertz CT molecular complexity index is 1000. The zero-order chi connectivity index (χ0) is 17.1. The predicted octanol–water partition coefficient (Wildman–Crippen LogP) is 4.50. The Morgan fingerprint density at radius 1 is 0.840 bits per heavy atom. The molecule has 0 atom stereocenters. The Morgan fingerprint density at radius 2 is 1.60 bits per heavy atom. The molecule has 2 aromatic heterocycles. The fourth-order valence-corrected chi connectivity index (χ4v) is 2.73. The second kappa shape index (κ2) is 6.65. The lowest BCUT2D eigenvalue weighted by atomic mass is 10.1. The van der Waals surface area contributed by atoms with Crippen molar-refractivity contribution < 1.29 is 4.39 Å². The van der Waals surface area contributed by atoms with Gasteiger partial charge in [-0.15, -0.1) is 0 Å². The maximum absolute atomic E-state index is 13.8. The van der Waals surface area contributed by atoms with Gasteiger partial charge in [-0.1, -0.05) is 18.2 Å². The molecule has 4 nitrogen and oxygen atoms in total. The van der Waals surface area contributed by atoms with Crippen molar-refractivity contribution in [3.63, 3.8) is 0 Å². The Hall–Kier alpha value is -3.34. The number of benzene rings is 2. The van der Waals surface area contributed by atoms with Crippen molar-refractivity contribution in [3.8, 4) is 0 Å². The quantitative estimate of drug-likeness (QED) is 0.598. The number of aromatic nitrogens is 3. The molecule has 0 spiro atoms. The molecule has 0 aliphatic heterocycles. The highest BCUT2D eigenvalue weighted by molar-refractivity contribution is 5.90. The lowest BCUT2D eigenvalue weighted by molar-refractivity contribution is 0.636. The summed E-state index contributed by atoms with van der Waals surface area (Å²) in [6.07, 6.45) is 5.81. The molecule has 0 saturated carbocycles. The van der Waals surface area contributed by atoms with Crippen molar-refractivity contribution >= 4 is 22.4 Å². The van der Waals surface area contributed by atoms with Crippen LogP contribution in [0.3, 0.4) is 0 Å². The van der Waals surface area contributed by atoms with Crippen molar-refractivity contribution in [1.82, 2.24) is 15.0 Å². The van der Waals surface area contributed by atoms with E-state index in [1.54, 1.807) is 24.5 Å². The zero-order valence-electron chi connectivity index (χ0n) is 13.4. The lowest BCUT2D eigenvalue weighted by Crippen LogP contribution is -1.97. The normalized spacial score (nSPS) is 10.8. The second-order valence-electron chi connectivity index (χ2n) is 5.71. The van der Waals surface area contributed by atoms with E-state index in [0.29, 0.717) is 16.7 Å². The molecule has 4 aromatic rings. The summed E-state index contributed by atoms with van der Waals surface area (Å²) < 4.78 is 13.8. The van der Waals surface area contributed by atoms with Crippen LogP contribution in [0.1, 0.15) is 11.1 Å². The first-order valence-electron chi connectivity index (χ1n) is 7.94. The second-order valence-corrected chi connectivity index (χ2v) is 5.71. The van der Waals surface area contributed by atoms with E-state index in [9.17, 15) is 4.39 Å². The Labute approximate surface area is 144 Å². The largest absolute Gasteiger partial charge is 0.340 e. The molecule has 0 saturated heterocycles. The number of halogens is 1. The number of nitrogens with zero attached hydrogens (tertiary/aromatic N) is 3. The van der Waals surface area contributed by atoms with Gasteiger partial charge in [0.25, 0.3) is 0 Å². The maximum Gasteiger partial charge on any atom is 0.149 e. The summed E-state index contributed by atoms with van der Waals surface area (Å²) >= 11 is 0. The van der Waals surface area contributed by atoms with E-state index in [4.69, 9.17) is 0 Å². The van der Waals surface area contributed by atoms with E-state index in [1.807, 2.05) is 24.3 Å². The van der Waals surface area contributed by atoms with Gasteiger partial charge < -0.3 is 5.32 Å². The molecular weight excluding hydrogens is 315 g/mol. The Kier molecular flexibility index (Phi) is 4.04. The van der Waals surface area contributed by atoms with Crippen LogP contribution in [0.4, 0.5) is 15.9 Å². The first-order chi connectivity index (χ1) is 12.3. The van der Waals surface area contributed by atoms with Crippen LogP contribution >= 0.6 is 0 Å². The molecule has 25 heavy (non-hydrogen) atoms. The Balaban J connectivity index is 1.57. The SMILES string of the molecule is Fc1cccc2c(Nc3ccc(Cc4ccncc4)cc3)ncnc12. The highest BCUT2D eigenvalue weighted by Crippen LogP contribution is 2.24. The summed E-state index contributed by atoms with van der Waals surface area (Å²) in [5, 5.41) is 3.89. The van der Waals surface area contributed by atoms with Crippen LogP contribution in [0, 0.1) is 5.82 Å². The number of hydrogen-bond acceptors (Lipinski definition) is 4. The molecule has 1 N–H and O–H groups in total. The molecule has 2 heterocycles. The third kappa shape index (κ3) is 3.30. The van der Waals surface area contributed by atoms with Crippen LogP contribution in [-0.4, -0.2) is 15.0 Å². The van der Waals surface area contributed by atoms with Gasteiger partial charge in [0.1, 0.15) is 23.5 Å². The van der Waals surface area contributed by atoms with E-state index >= 15 is 0 Å². The number of hydrogen-bond donors (Lipinski definition) is 1. The molecular formula is C20H15FN4. The minimum absolute atomic E-state index is 0.314. The molecule has 4 rings (SSSR count). The van der Waals surface area contributed by atoms with Gasteiger partial charge in [-0.2, -0.15) is 0 Å². The highest BCUT2D eigenvalue weighted by atomic mass is 19.1. The molecule has 0 amide bonds. The molecule has 2 aromatic carbocycles. The topological polar surface area (TPSA) is 50.7 Å². The van der Waals surface area contributed by atoms with Crippen LogP contribution in [0.5, 0.6) is 0 Å². The summed E-state index contributed by atoms with van der Waals surface area (Å²) in [5.74, 6) is 0.238. The van der Waals surface area contributed by atoms with E-state index < -0.39 is 0 Å². The highest BCUT2D eigenvalue weighted by Gasteiger charge is 2.07. The third-order valence-corrected chi connectivity index (χ3v) is 3.99. The van der Waals surface area contributed by atoms with Gasteiger partial charge in [0.15, 0.2) is 0 Å². The van der Waals surface area contributed by atoms with Crippen molar-refractivity contribution in [2.24, 2.45) is 0 Å². The van der Waals surface area contributed by atoms with Gasteiger partial charge in [-0.25, -0.2) is 14.4 Å². The molecule has 5 heteroatoms. The average molecular weight is 330 g/mol. The van der Waals surface area contributed by atoms with Gasteiger partial charge in [-0.05, 0) is 53.9 Å². The first kappa shape index (κ1) is 15.2. The summed E-state index contributed by atoms with van der Waals surface area (Å²) in [6, 6.07) is 17.0. The number of pyridine rings is 1. The molecule has 0 radical (unpaired) electrons. The van der Waals surface area contributed by atoms with Crippen LogP contribution in [0.2, 0.25) is 0 Å². The van der Waals surface area contributed by atoms with Crippen LogP contribution in [-0.2, 0) is 6.42 Å². The minimum Gasteiger partial charge on any atom is -0.340 e. The van der Waals surface area contributed by atoms with E-state index in [-0.39, 0.29) is 5.82 Å². The van der Waals surface area contributed by atoms with E-state index in [0.717, 1.165) is 12.1 Å². The van der Waals surface area contributed by atoms with Gasteiger partial charge in [0, 0.05) is 23.5 Å². The van der Waals surface area contributed by atoms with Crippen molar-refractivity contribution in [3.05, 3.63) is 90.3 Å². The van der Waals surface area contributed by atoms with Crippen LogP contribution in [0.15, 0.2) is 73.3 Å². The Morgan fingerprint density at radius 3 is 2.40 bits per heavy atom. The maximum atomic E-state index is 13.8. The van der Waals surface area contributed by atoms with Gasteiger partial charge in [-0.3, -0.25) is 4.98 Å². The van der Waals surface area contributed by atoms with Gasteiger partial charge in [0.05, 0.1) is 0 Å². The van der Waals surface area contributed by atoms with Gasteiger partial charge in [0.2, 0.25) is 0 Å². The molecule has 0 unspecified atom stereocenters. The summed E-state index contributed by atoms with van der Waals surface area (Å²) in [6.45, 7) is 0. The molecule has 0 bridgehead atoms. The van der Waals surface area contributed by atoms with Crippen LogP contribution in [0.25, 0.3) is 10.9 Å². The minimum atomic E-state index is -0.351. The fraction of sp³-hybridized carbons (Fsp3) is 0.0500. The number of nitrogens with one attached hydrogen (secondary N) is 1. The molecule has 0 fully saturated rings. The fourth-order valence-electron chi connectivity index (χ4n) is 2.73. The number of para-hydroxylation sites is 1. The molecule has 0 aliphatic carbocycles. The smallest absolute Gasteiger partial charge is 0.149 e. The first-order valence-corrected chi connectivity index (χ1v) is 7.94. The third-order valence-electron chi connectivity index (χ3n) is 3.99. The standard InChI is InChI=1S/C20H15FN4/c21-18-3-1-2-17-19(18)23-13-24-20(17)25-16-6-4-14(5-7-16)12-15-8-10-22-11-9-15/h1-11,13H,12H2,(H,23,24,25). The van der Waals surface area contributed by atoms with Gasteiger partial charge >= 0.3 is 0 Å².